The van der Waals surface area contributed by atoms with Crippen LogP contribution < -0.4 is 0 Å². The molecule has 0 amide bonds. The van der Waals surface area contributed by atoms with Gasteiger partial charge in [-0.25, -0.2) is 0 Å². The summed E-state index contributed by atoms with van der Waals surface area (Å²) in [4.78, 5) is 0. The zero-order valence-electron chi connectivity index (χ0n) is 17.2. The van der Waals surface area contributed by atoms with Gasteiger partial charge in [-0.15, -0.1) is 0 Å². The van der Waals surface area contributed by atoms with Crippen LogP contribution in [0.15, 0.2) is 103 Å². The fourth-order valence-electron chi connectivity index (χ4n) is 5.98. The number of fused-ring (bicyclic) bond motifs is 3. The van der Waals surface area contributed by atoms with Crippen molar-refractivity contribution in [3.8, 4) is 11.1 Å². The van der Waals surface area contributed by atoms with Gasteiger partial charge < -0.3 is 0 Å². The molecule has 0 nitrogen and oxygen atoms in total. The Morgan fingerprint density at radius 2 is 1.10 bits per heavy atom. The van der Waals surface area contributed by atoms with E-state index in [-0.39, 0.29) is 5.41 Å². The Labute approximate surface area is 179 Å². The molecule has 30 heavy (non-hydrogen) atoms. The second kappa shape index (κ2) is 6.99. The van der Waals surface area contributed by atoms with Gasteiger partial charge in [-0.2, -0.15) is 0 Å². The van der Waals surface area contributed by atoms with Gasteiger partial charge in [0.25, 0.3) is 0 Å². The van der Waals surface area contributed by atoms with E-state index in [0.717, 1.165) is 0 Å². The van der Waals surface area contributed by atoms with Gasteiger partial charge in [0.1, 0.15) is 0 Å². The summed E-state index contributed by atoms with van der Waals surface area (Å²) in [6, 6.07) is 38.6. The van der Waals surface area contributed by atoms with Gasteiger partial charge in [0.2, 0.25) is 0 Å². The number of rotatable bonds is 3. The zero-order chi connectivity index (χ0) is 20.0. The lowest BCUT2D eigenvalue weighted by atomic mass is 9.67. The van der Waals surface area contributed by atoms with Crippen LogP contribution in [0, 0.1) is 0 Å². The van der Waals surface area contributed by atoms with E-state index in [4.69, 9.17) is 0 Å². The monoisotopic (exact) mass is 386 g/mol. The highest BCUT2D eigenvalue weighted by Crippen LogP contribution is 2.56. The average molecular weight is 387 g/mol. The molecule has 0 aromatic heterocycles. The number of hydrogen-bond donors (Lipinski definition) is 0. The van der Waals surface area contributed by atoms with Crippen molar-refractivity contribution in [1.82, 2.24) is 0 Å². The van der Waals surface area contributed by atoms with Crippen LogP contribution >= 0.6 is 0 Å². The van der Waals surface area contributed by atoms with Crippen LogP contribution in [0.5, 0.6) is 0 Å². The molecule has 0 heterocycles. The van der Waals surface area contributed by atoms with Gasteiger partial charge in [0.05, 0.1) is 5.41 Å². The second-order valence-corrected chi connectivity index (χ2v) is 8.81. The minimum Gasteiger partial charge on any atom is -0.0622 e. The third kappa shape index (κ3) is 2.46. The van der Waals surface area contributed by atoms with Crippen LogP contribution in [-0.2, 0) is 5.41 Å². The first-order valence-corrected chi connectivity index (χ1v) is 11.2. The predicted molar refractivity (Wildman–Crippen MR) is 125 cm³/mol. The van der Waals surface area contributed by atoms with Crippen molar-refractivity contribution in [1.29, 1.82) is 0 Å². The molecule has 0 spiro atoms. The summed E-state index contributed by atoms with van der Waals surface area (Å²) < 4.78 is 0. The summed E-state index contributed by atoms with van der Waals surface area (Å²) in [5.41, 5.74) is 9.58. The van der Waals surface area contributed by atoms with Crippen molar-refractivity contribution in [2.24, 2.45) is 0 Å². The molecule has 0 unspecified atom stereocenters. The molecule has 0 N–H and O–H groups in total. The topological polar surface area (TPSA) is 0 Å². The molecule has 1 saturated carbocycles. The average Bonchev–Trinajstić information content (AvgIpc) is 3.46. The van der Waals surface area contributed by atoms with Crippen molar-refractivity contribution in [3.05, 3.63) is 131 Å². The molecule has 4 aromatic carbocycles. The van der Waals surface area contributed by atoms with Gasteiger partial charge in [-0.3, -0.25) is 0 Å². The minimum absolute atomic E-state index is 0.261. The molecule has 2 aliphatic rings. The quantitative estimate of drug-likeness (QED) is 0.298. The SMILES string of the molecule is c1ccc(C2(c3ccccc3)c3ccccc3-c3ccc(C4CCCC4)cc32)cc1. The molecule has 0 aliphatic heterocycles. The van der Waals surface area contributed by atoms with Crippen LogP contribution in [0.2, 0.25) is 0 Å². The van der Waals surface area contributed by atoms with Crippen LogP contribution in [0.1, 0.15) is 59.4 Å². The van der Waals surface area contributed by atoms with E-state index in [9.17, 15) is 0 Å². The maximum Gasteiger partial charge on any atom is 0.0713 e. The van der Waals surface area contributed by atoms with Crippen LogP contribution in [0.3, 0.4) is 0 Å². The zero-order valence-corrected chi connectivity index (χ0v) is 17.2. The molecular weight excluding hydrogens is 360 g/mol. The Balaban J connectivity index is 1.71. The van der Waals surface area contributed by atoms with Gasteiger partial charge in [0, 0.05) is 0 Å². The van der Waals surface area contributed by atoms with Crippen molar-refractivity contribution in [2.75, 3.05) is 0 Å². The fourth-order valence-corrected chi connectivity index (χ4v) is 5.98. The molecule has 6 rings (SSSR count). The van der Waals surface area contributed by atoms with E-state index in [1.54, 1.807) is 0 Å². The van der Waals surface area contributed by atoms with E-state index < -0.39 is 0 Å². The highest BCUT2D eigenvalue weighted by molar-refractivity contribution is 5.86. The lowest BCUT2D eigenvalue weighted by Crippen LogP contribution is -2.28. The standard InChI is InChI=1S/C30H26/c1-3-13-24(14-4-1)30(25-15-5-2-6-16-25)28-18-10-9-17-26(28)27-20-19-23(21-29(27)30)22-11-7-8-12-22/h1-6,9-10,13-22H,7-8,11-12H2. The largest absolute Gasteiger partial charge is 0.0713 e. The first-order chi connectivity index (χ1) is 14.9. The summed E-state index contributed by atoms with van der Waals surface area (Å²) in [6.07, 6.45) is 5.39. The lowest BCUT2D eigenvalue weighted by molar-refractivity contribution is 0.714. The van der Waals surface area contributed by atoms with Crippen molar-refractivity contribution in [2.45, 2.75) is 37.0 Å². The van der Waals surface area contributed by atoms with E-state index in [1.807, 2.05) is 0 Å². The van der Waals surface area contributed by atoms with Crippen molar-refractivity contribution in [3.63, 3.8) is 0 Å². The highest BCUT2D eigenvalue weighted by atomic mass is 14.5. The summed E-state index contributed by atoms with van der Waals surface area (Å²) in [5, 5.41) is 0. The molecule has 2 aliphatic carbocycles. The predicted octanol–water partition coefficient (Wildman–Crippen LogP) is 7.71. The van der Waals surface area contributed by atoms with E-state index in [0.29, 0.717) is 5.92 Å². The first-order valence-electron chi connectivity index (χ1n) is 11.2. The van der Waals surface area contributed by atoms with Gasteiger partial charge in [-0.05, 0) is 57.7 Å². The summed E-state index contributed by atoms with van der Waals surface area (Å²) >= 11 is 0. The third-order valence-electron chi connectivity index (χ3n) is 7.31. The molecule has 0 heteroatoms. The smallest absolute Gasteiger partial charge is 0.0622 e. The van der Waals surface area contributed by atoms with Gasteiger partial charge in [0.15, 0.2) is 0 Å². The van der Waals surface area contributed by atoms with Crippen LogP contribution in [-0.4, -0.2) is 0 Å². The number of hydrogen-bond acceptors (Lipinski definition) is 0. The molecular formula is C30H26. The molecule has 0 bridgehead atoms. The van der Waals surface area contributed by atoms with Crippen molar-refractivity contribution >= 4 is 0 Å². The third-order valence-corrected chi connectivity index (χ3v) is 7.31. The molecule has 4 aromatic rings. The number of benzene rings is 4. The normalized spacial score (nSPS) is 16.9. The molecule has 0 radical (unpaired) electrons. The summed E-state index contributed by atoms with van der Waals surface area (Å²) in [5.74, 6) is 0.711. The second-order valence-electron chi connectivity index (χ2n) is 8.81. The fraction of sp³-hybridized carbons (Fsp3) is 0.200. The molecule has 0 atom stereocenters. The van der Waals surface area contributed by atoms with Crippen molar-refractivity contribution < 1.29 is 0 Å². The molecule has 0 saturated heterocycles. The maximum absolute atomic E-state index is 2.55. The lowest BCUT2D eigenvalue weighted by Gasteiger charge is -2.34. The Morgan fingerprint density at radius 3 is 1.77 bits per heavy atom. The van der Waals surface area contributed by atoms with Crippen LogP contribution in [0.4, 0.5) is 0 Å². The van der Waals surface area contributed by atoms with Gasteiger partial charge >= 0.3 is 0 Å². The van der Waals surface area contributed by atoms with Crippen LogP contribution in [0.25, 0.3) is 11.1 Å². The molecule has 146 valence electrons. The Hall–Kier alpha value is -3.12. The van der Waals surface area contributed by atoms with Gasteiger partial charge in [-0.1, -0.05) is 116 Å². The van der Waals surface area contributed by atoms with E-state index >= 15 is 0 Å². The summed E-state index contributed by atoms with van der Waals surface area (Å²) in [7, 11) is 0. The first kappa shape index (κ1) is 17.7. The minimum atomic E-state index is -0.261. The molecule has 1 fully saturated rings. The Kier molecular flexibility index (Phi) is 4.13. The Morgan fingerprint density at radius 1 is 0.533 bits per heavy atom. The van der Waals surface area contributed by atoms with E-state index in [2.05, 4.69) is 103 Å². The Bertz CT molecular complexity index is 1140. The van der Waals surface area contributed by atoms with E-state index in [1.165, 1.54) is 64.6 Å². The maximum atomic E-state index is 2.55. The highest BCUT2D eigenvalue weighted by Gasteiger charge is 2.46. The summed E-state index contributed by atoms with van der Waals surface area (Å²) in [6.45, 7) is 0.